The van der Waals surface area contributed by atoms with Gasteiger partial charge in [-0.3, -0.25) is 0 Å². The second kappa shape index (κ2) is 7.14. The molecule has 0 bridgehead atoms. The molecule has 1 aromatic rings. The van der Waals surface area contributed by atoms with Gasteiger partial charge in [-0.2, -0.15) is 18.3 Å². The van der Waals surface area contributed by atoms with Crippen molar-refractivity contribution in [1.29, 1.82) is 0 Å². The molecule has 1 saturated heterocycles. The fraction of sp³-hybridized carbons (Fsp3) is 0.529. The monoisotopic (exact) mass is 371 g/mol. The van der Waals surface area contributed by atoms with Crippen LogP contribution in [-0.2, 0) is 15.7 Å². The molecular formula is C17H20F3N3O3. The molecule has 0 unspecified atom stereocenters. The van der Waals surface area contributed by atoms with Crippen LogP contribution in [0.2, 0.25) is 0 Å². The normalized spacial score (nSPS) is 20.0. The molecule has 2 heterocycles. The number of alkyl halides is 3. The molecule has 0 radical (unpaired) electrons. The molecule has 1 amide bonds. The molecule has 26 heavy (non-hydrogen) atoms. The van der Waals surface area contributed by atoms with Crippen molar-refractivity contribution in [1.82, 2.24) is 5.43 Å². The Morgan fingerprint density at radius 1 is 1.31 bits per heavy atom. The highest BCUT2D eigenvalue weighted by molar-refractivity contribution is 6.04. The minimum absolute atomic E-state index is 0.0235. The molecule has 2 N–H and O–H groups in total. The number of anilines is 1. The highest BCUT2D eigenvalue weighted by atomic mass is 19.4. The van der Waals surface area contributed by atoms with Crippen LogP contribution < -0.4 is 10.7 Å². The van der Waals surface area contributed by atoms with E-state index < -0.39 is 17.8 Å². The minimum Gasteiger partial charge on any atom is -0.442 e. The lowest BCUT2D eigenvalue weighted by Crippen LogP contribution is -2.33. The Bertz CT molecular complexity index is 713. The summed E-state index contributed by atoms with van der Waals surface area (Å²) in [5.41, 5.74) is 1.72. The average Bonchev–Trinajstić information content (AvgIpc) is 2.60. The van der Waals surface area contributed by atoms with Crippen molar-refractivity contribution in [3.8, 4) is 0 Å². The van der Waals surface area contributed by atoms with Crippen molar-refractivity contribution < 1.29 is 27.4 Å². The molecule has 0 aromatic heterocycles. The third kappa shape index (κ3) is 4.27. The highest BCUT2D eigenvalue weighted by Crippen LogP contribution is 2.37. The van der Waals surface area contributed by atoms with E-state index in [2.05, 4.69) is 15.8 Å². The number of hydrogen-bond acceptors (Lipinski definition) is 5. The van der Waals surface area contributed by atoms with Crippen LogP contribution in [-0.4, -0.2) is 38.2 Å². The van der Waals surface area contributed by atoms with Crippen molar-refractivity contribution in [2.45, 2.75) is 25.9 Å². The van der Waals surface area contributed by atoms with E-state index in [0.717, 1.165) is 18.9 Å². The van der Waals surface area contributed by atoms with Crippen molar-refractivity contribution >= 4 is 17.5 Å². The Morgan fingerprint density at radius 2 is 2.04 bits per heavy atom. The molecule has 3 rings (SSSR count). The lowest BCUT2D eigenvalue weighted by Gasteiger charge is -2.34. The van der Waals surface area contributed by atoms with Crippen molar-refractivity contribution in [2.24, 2.45) is 10.5 Å². The molecule has 2 aliphatic heterocycles. The van der Waals surface area contributed by atoms with E-state index in [9.17, 15) is 18.0 Å². The van der Waals surface area contributed by atoms with Crippen LogP contribution in [0.15, 0.2) is 23.3 Å². The van der Waals surface area contributed by atoms with Crippen LogP contribution in [0.5, 0.6) is 0 Å². The van der Waals surface area contributed by atoms with Gasteiger partial charge in [0.25, 0.3) is 0 Å². The number of benzene rings is 1. The Labute approximate surface area is 148 Å². The first-order chi connectivity index (χ1) is 12.3. The van der Waals surface area contributed by atoms with Gasteiger partial charge in [-0.1, -0.05) is 13.0 Å². The second-order valence-corrected chi connectivity index (χ2v) is 6.78. The van der Waals surface area contributed by atoms with Gasteiger partial charge < -0.3 is 14.8 Å². The Balaban J connectivity index is 1.82. The predicted octanol–water partition coefficient (Wildman–Crippen LogP) is 3.38. The maximum atomic E-state index is 13.5. The van der Waals surface area contributed by atoms with Crippen molar-refractivity contribution in [3.63, 3.8) is 0 Å². The SMILES string of the molecule is CC1(CNc2ccc(C3=NNC(=O)OC3)cc2C(F)(F)F)CCOCC1. The van der Waals surface area contributed by atoms with Gasteiger partial charge in [0.05, 0.1) is 5.56 Å². The number of nitrogens with one attached hydrogen (secondary N) is 2. The number of ether oxygens (including phenoxy) is 2. The zero-order valence-corrected chi connectivity index (χ0v) is 14.3. The van der Waals surface area contributed by atoms with Gasteiger partial charge in [0.1, 0.15) is 12.3 Å². The number of nitrogens with zero attached hydrogens (tertiary/aromatic N) is 1. The highest BCUT2D eigenvalue weighted by Gasteiger charge is 2.35. The fourth-order valence-corrected chi connectivity index (χ4v) is 2.92. The zero-order chi connectivity index (χ0) is 18.8. The van der Waals surface area contributed by atoms with E-state index in [1.54, 1.807) is 0 Å². The Morgan fingerprint density at radius 3 is 2.65 bits per heavy atom. The van der Waals surface area contributed by atoms with E-state index in [1.807, 2.05) is 6.92 Å². The van der Waals surface area contributed by atoms with Gasteiger partial charge in [0.15, 0.2) is 0 Å². The van der Waals surface area contributed by atoms with Crippen LogP contribution in [0.25, 0.3) is 0 Å². The standard InChI is InChI=1S/C17H20F3N3O3/c1-16(4-6-25-7-5-16)10-21-13-3-2-11(8-12(13)17(18,19)20)14-9-26-15(24)23-22-14/h2-3,8,21H,4-7,9-10H2,1H3,(H,23,24). The first-order valence-corrected chi connectivity index (χ1v) is 8.29. The van der Waals surface area contributed by atoms with Crippen molar-refractivity contribution in [3.05, 3.63) is 29.3 Å². The van der Waals surface area contributed by atoms with Gasteiger partial charge in [0, 0.05) is 31.0 Å². The van der Waals surface area contributed by atoms with Gasteiger partial charge in [-0.05, 0) is 30.4 Å². The van der Waals surface area contributed by atoms with Crippen molar-refractivity contribution in [2.75, 3.05) is 31.7 Å². The third-order valence-electron chi connectivity index (χ3n) is 4.69. The number of halogens is 3. The average molecular weight is 371 g/mol. The number of hydrazone groups is 1. The van der Waals surface area contributed by atoms with Gasteiger partial charge in [-0.15, -0.1) is 0 Å². The predicted molar refractivity (Wildman–Crippen MR) is 89.1 cm³/mol. The molecule has 9 heteroatoms. The summed E-state index contributed by atoms with van der Waals surface area (Å²) in [4.78, 5) is 10.9. The number of amides is 1. The molecular weight excluding hydrogens is 351 g/mol. The number of cyclic esters (lactones) is 1. The maximum Gasteiger partial charge on any atom is 0.428 e. The molecule has 142 valence electrons. The molecule has 2 aliphatic rings. The summed E-state index contributed by atoms with van der Waals surface area (Å²) in [6.07, 6.45) is -3.65. The molecule has 6 nitrogen and oxygen atoms in total. The van der Waals surface area contributed by atoms with Crippen LogP contribution in [0, 0.1) is 5.41 Å². The van der Waals surface area contributed by atoms with Crippen LogP contribution in [0.3, 0.4) is 0 Å². The quantitative estimate of drug-likeness (QED) is 0.851. The molecule has 1 fully saturated rings. The summed E-state index contributed by atoms with van der Waals surface area (Å²) in [5.74, 6) is 0. The summed E-state index contributed by atoms with van der Waals surface area (Å²) in [6.45, 7) is 3.54. The lowest BCUT2D eigenvalue weighted by molar-refractivity contribution is -0.137. The number of hydrogen-bond donors (Lipinski definition) is 2. The summed E-state index contributed by atoms with van der Waals surface area (Å²) < 4.78 is 50.6. The molecule has 0 saturated carbocycles. The van der Waals surface area contributed by atoms with Crippen LogP contribution in [0.1, 0.15) is 30.9 Å². The van der Waals surface area contributed by atoms with E-state index in [1.165, 1.54) is 12.1 Å². The fourth-order valence-electron chi connectivity index (χ4n) is 2.92. The smallest absolute Gasteiger partial charge is 0.428 e. The van der Waals surface area contributed by atoms with Crippen LogP contribution >= 0.6 is 0 Å². The summed E-state index contributed by atoms with van der Waals surface area (Å²) in [6, 6.07) is 3.94. The maximum absolute atomic E-state index is 13.5. The minimum atomic E-state index is -4.52. The molecule has 0 spiro atoms. The second-order valence-electron chi connectivity index (χ2n) is 6.78. The lowest BCUT2D eigenvalue weighted by atomic mass is 9.82. The Hall–Kier alpha value is -2.29. The molecule has 0 aliphatic carbocycles. The zero-order valence-electron chi connectivity index (χ0n) is 14.3. The number of carbonyl (C=O) groups excluding carboxylic acids is 1. The largest absolute Gasteiger partial charge is 0.442 e. The first kappa shape index (κ1) is 18.5. The summed E-state index contributed by atoms with van der Waals surface area (Å²) >= 11 is 0. The third-order valence-corrected chi connectivity index (χ3v) is 4.69. The topological polar surface area (TPSA) is 72.0 Å². The van der Waals surface area contributed by atoms with E-state index in [-0.39, 0.29) is 29.0 Å². The summed E-state index contributed by atoms with van der Waals surface area (Å²) in [5, 5.41) is 6.71. The first-order valence-electron chi connectivity index (χ1n) is 8.29. The van der Waals surface area contributed by atoms with Gasteiger partial charge in [-0.25, -0.2) is 10.2 Å². The molecule has 1 aromatic carbocycles. The number of carbonyl (C=O) groups is 1. The van der Waals surface area contributed by atoms with Gasteiger partial charge in [0.2, 0.25) is 0 Å². The number of rotatable bonds is 4. The van der Waals surface area contributed by atoms with E-state index in [0.29, 0.717) is 19.8 Å². The van der Waals surface area contributed by atoms with E-state index in [4.69, 9.17) is 9.47 Å². The van der Waals surface area contributed by atoms with E-state index >= 15 is 0 Å². The molecule has 0 atom stereocenters. The summed E-state index contributed by atoms with van der Waals surface area (Å²) in [7, 11) is 0. The Kier molecular flexibility index (Phi) is 5.08. The van der Waals surface area contributed by atoms with Gasteiger partial charge >= 0.3 is 12.3 Å². The van der Waals surface area contributed by atoms with Crippen LogP contribution in [0.4, 0.5) is 23.7 Å².